The predicted octanol–water partition coefficient (Wildman–Crippen LogP) is 3.39. The van der Waals surface area contributed by atoms with Crippen LogP contribution < -0.4 is 5.56 Å². The molecule has 3 aromatic heterocycles. The van der Waals surface area contributed by atoms with Gasteiger partial charge in [0.25, 0.3) is 5.56 Å². The number of fused-ring (bicyclic) bond motifs is 2. The van der Waals surface area contributed by atoms with Crippen molar-refractivity contribution in [2.75, 3.05) is 0 Å². The highest BCUT2D eigenvalue weighted by atomic mass is 32.1. The van der Waals surface area contributed by atoms with Gasteiger partial charge in [0.1, 0.15) is 11.5 Å². The van der Waals surface area contributed by atoms with Gasteiger partial charge in [-0.3, -0.25) is 4.79 Å². The minimum atomic E-state index is -0.326. The van der Waals surface area contributed by atoms with Crippen molar-refractivity contribution >= 4 is 33.6 Å². The number of hydrogen-bond donors (Lipinski definition) is 0. The van der Waals surface area contributed by atoms with Crippen molar-refractivity contribution < 1.29 is 9.53 Å². The molecular weight excluding hydrogens is 370 g/mol. The fourth-order valence-corrected chi connectivity index (χ4v) is 5.23. The average Bonchev–Trinajstić information content (AvgIpc) is 3.22. The summed E-state index contributed by atoms with van der Waals surface area (Å²) in [4.78, 5) is 31.1. The summed E-state index contributed by atoms with van der Waals surface area (Å²) < 4.78 is 6.67. The second-order valence-electron chi connectivity index (χ2n) is 6.58. The Morgan fingerprint density at radius 1 is 1.38 bits per heavy atom. The molecule has 0 aliphatic heterocycles. The van der Waals surface area contributed by atoms with E-state index in [0.717, 1.165) is 18.8 Å². The van der Waals surface area contributed by atoms with Crippen molar-refractivity contribution in [2.24, 2.45) is 5.92 Å². The quantitative estimate of drug-likeness (QED) is 0.640. The molecule has 0 fully saturated rings. The van der Waals surface area contributed by atoms with E-state index in [0.29, 0.717) is 20.5 Å². The lowest BCUT2D eigenvalue weighted by molar-refractivity contribution is 0.0477. The molecule has 8 heteroatoms. The molecule has 0 bridgehead atoms. The second-order valence-corrected chi connectivity index (χ2v) is 8.76. The molecule has 1 aliphatic carbocycles. The maximum atomic E-state index is 12.4. The first-order valence-electron chi connectivity index (χ1n) is 8.68. The Balaban J connectivity index is 1.47. The van der Waals surface area contributed by atoms with Crippen LogP contribution in [0.1, 0.15) is 50.6 Å². The molecule has 4 rings (SSSR count). The van der Waals surface area contributed by atoms with Crippen molar-refractivity contribution in [1.29, 1.82) is 0 Å². The highest BCUT2D eigenvalue weighted by Gasteiger charge is 2.23. The van der Waals surface area contributed by atoms with E-state index in [1.807, 2.05) is 6.07 Å². The van der Waals surface area contributed by atoms with E-state index in [9.17, 15) is 9.59 Å². The van der Waals surface area contributed by atoms with Crippen molar-refractivity contribution in [1.82, 2.24) is 14.6 Å². The lowest BCUT2D eigenvalue weighted by atomic mass is 9.87. The zero-order chi connectivity index (χ0) is 18.3. The molecule has 0 aromatic carbocycles. The molecule has 1 aliphatic rings. The molecule has 0 amide bonds. The van der Waals surface area contributed by atoms with Crippen LogP contribution in [-0.2, 0) is 24.2 Å². The maximum Gasteiger partial charge on any atom is 0.348 e. The highest BCUT2D eigenvalue weighted by Crippen LogP contribution is 2.33. The van der Waals surface area contributed by atoms with Crippen LogP contribution in [0.3, 0.4) is 0 Å². The van der Waals surface area contributed by atoms with Crippen LogP contribution in [0.2, 0.25) is 0 Å². The summed E-state index contributed by atoms with van der Waals surface area (Å²) in [5.74, 6) is 0.395. The molecule has 0 saturated heterocycles. The lowest BCUT2D eigenvalue weighted by Crippen LogP contribution is -2.14. The Bertz CT molecular complexity index is 1030. The van der Waals surface area contributed by atoms with Gasteiger partial charge in [-0.15, -0.1) is 11.3 Å². The summed E-state index contributed by atoms with van der Waals surface area (Å²) in [5, 5.41) is 4.75. The third kappa shape index (κ3) is 3.31. The normalized spacial score (nSPS) is 16.6. The molecule has 1 atom stereocenters. The summed E-state index contributed by atoms with van der Waals surface area (Å²) in [6, 6.07) is 3.42. The van der Waals surface area contributed by atoms with Gasteiger partial charge in [-0.25, -0.2) is 9.78 Å². The smallest absolute Gasteiger partial charge is 0.348 e. The highest BCUT2D eigenvalue weighted by molar-refractivity contribution is 7.16. The maximum absolute atomic E-state index is 12.4. The van der Waals surface area contributed by atoms with Gasteiger partial charge in [0.2, 0.25) is 4.96 Å². The summed E-state index contributed by atoms with van der Waals surface area (Å²) >= 11 is 2.80. The van der Waals surface area contributed by atoms with Crippen LogP contribution >= 0.6 is 22.7 Å². The molecule has 0 spiro atoms. The number of hydrogen-bond acceptors (Lipinski definition) is 7. The number of aromatic nitrogens is 3. The van der Waals surface area contributed by atoms with Gasteiger partial charge in [-0.2, -0.15) is 9.61 Å². The molecular formula is C18H19N3O3S2. The predicted molar refractivity (Wildman–Crippen MR) is 101 cm³/mol. The number of ether oxygens (including phenoxy) is 1. The van der Waals surface area contributed by atoms with Gasteiger partial charge >= 0.3 is 5.97 Å². The fourth-order valence-electron chi connectivity index (χ4n) is 3.26. The first-order chi connectivity index (χ1) is 12.5. The molecule has 0 N–H and O–H groups in total. The Morgan fingerprint density at radius 2 is 2.23 bits per heavy atom. The zero-order valence-corrected chi connectivity index (χ0v) is 16.3. The Morgan fingerprint density at radius 3 is 3.04 bits per heavy atom. The third-order valence-electron chi connectivity index (χ3n) is 4.71. The Hall–Kier alpha value is -2.06. The number of nitrogens with zero attached hydrogens (tertiary/aromatic N) is 3. The Kier molecular flexibility index (Phi) is 4.62. The summed E-state index contributed by atoms with van der Waals surface area (Å²) in [6.45, 7) is 4.03. The van der Waals surface area contributed by atoms with E-state index in [2.05, 4.69) is 17.0 Å². The van der Waals surface area contributed by atoms with Crippen molar-refractivity contribution in [3.63, 3.8) is 0 Å². The summed E-state index contributed by atoms with van der Waals surface area (Å²) in [5.41, 5.74) is 1.72. The lowest BCUT2D eigenvalue weighted by Gasteiger charge is -2.19. The van der Waals surface area contributed by atoms with Crippen LogP contribution in [0.4, 0.5) is 0 Å². The van der Waals surface area contributed by atoms with E-state index in [4.69, 9.17) is 4.74 Å². The second kappa shape index (κ2) is 6.92. The third-order valence-corrected chi connectivity index (χ3v) is 6.80. The minimum absolute atomic E-state index is 0.0471. The molecule has 3 heterocycles. The van der Waals surface area contributed by atoms with E-state index >= 15 is 0 Å². The summed E-state index contributed by atoms with van der Waals surface area (Å²) in [7, 11) is 0. The number of carbonyl (C=O) groups excluding carboxylic acids is 1. The molecule has 3 aromatic rings. The molecule has 0 unspecified atom stereocenters. The Labute approximate surface area is 158 Å². The number of thiophene rings is 1. The number of rotatable bonds is 4. The SMILES string of the molecule is CC[C@H]1CCc2sc(C(=O)OCc3nn4c(=O)cc(C)nc4s3)cc2C1. The van der Waals surface area contributed by atoms with Gasteiger partial charge in [-0.1, -0.05) is 24.7 Å². The van der Waals surface area contributed by atoms with Crippen LogP contribution in [0.25, 0.3) is 4.96 Å². The summed E-state index contributed by atoms with van der Waals surface area (Å²) in [6.07, 6.45) is 4.49. The molecule has 0 radical (unpaired) electrons. The standard InChI is InChI=1S/C18H19N3O3S2/c1-3-11-4-5-13-12(7-11)8-14(25-13)17(23)24-9-15-20-21-16(22)6-10(2)19-18(21)26-15/h6,8,11H,3-5,7,9H2,1-2H3/t11-/m0/s1. The van der Waals surface area contributed by atoms with E-state index in [1.165, 1.54) is 45.2 Å². The number of aryl methyl sites for hydroxylation is 2. The molecule has 136 valence electrons. The van der Waals surface area contributed by atoms with E-state index in [-0.39, 0.29) is 18.1 Å². The average molecular weight is 390 g/mol. The largest absolute Gasteiger partial charge is 0.454 e. The van der Waals surface area contributed by atoms with Crippen molar-refractivity contribution in [2.45, 2.75) is 46.1 Å². The van der Waals surface area contributed by atoms with Gasteiger partial charge in [-0.05, 0) is 43.7 Å². The molecule has 0 saturated carbocycles. The fraction of sp³-hybridized carbons (Fsp3) is 0.444. The molecule has 26 heavy (non-hydrogen) atoms. The minimum Gasteiger partial charge on any atom is -0.454 e. The first-order valence-corrected chi connectivity index (χ1v) is 10.3. The first kappa shape index (κ1) is 17.4. The van der Waals surface area contributed by atoms with Crippen LogP contribution in [0.5, 0.6) is 0 Å². The van der Waals surface area contributed by atoms with Crippen molar-refractivity contribution in [3.8, 4) is 0 Å². The van der Waals surface area contributed by atoms with Crippen LogP contribution in [0, 0.1) is 12.8 Å². The van der Waals surface area contributed by atoms with Gasteiger partial charge in [0.05, 0.1) is 0 Å². The topological polar surface area (TPSA) is 73.6 Å². The van der Waals surface area contributed by atoms with E-state index in [1.54, 1.807) is 18.3 Å². The van der Waals surface area contributed by atoms with Gasteiger partial charge in [0.15, 0.2) is 5.01 Å². The van der Waals surface area contributed by atoms with Crippen molar-refractivity contribution in [3.05, 3.63) is 48.5 Å². The van der Waals surface area contributed by atoms with E-state index < -0.39 is 0 Å². The zero-order valence-electron chi connectivity index (χ0n) is 14.7. The van der Waals surface area contributed by atoms with Crippen LogP contribution in [0.15, 0.2) is 16.9 Å². The van der Waals surface area contributed by atoms with Crippen LogP contribution in [-0.4, -0.2) is 20.6 Å². The monoisotopic (exact) mass is 389 g/mol. The van der Waals surface area contributed by atoms with Gasteiger partial charge in [0, 0.05) is 16.6 Å². The van der Waals surface area contributed by atoms with Gasteiger partial charge < -0.3 is 4.74 Å². The number of esters is 1. The molecule has 6 nitrogen and oxygen atoms in total. The number of carbonyl (C=O) groups is 1.